The van der Waals surface area contributed by atoms with Gasteiger partial charge in [0.15, 0.2) is 11.5 Å². The van der Waals surface area contributed by atoms with Gasteiger partial charge in [-0.15, -0.1) is 0 Å². The SMILES string of the molecule is COc1cc(/C=C2\SC(=O)N(CC(=O)N3CCOCC3)C2=O)ccc1OC(=O)c1ccc(F)cc1. The predicted molar refractivity (Wildman–Crippen MR) is 124 cm³/mol. The summed E-state index contributed by atoms with van der Waals surface area (Å²) < 4.78 is 28.9. The number of rotatable bonds is 6. The quantitative estimate of drug-likeness (QED) is 0.339. The van der Waals surface area contributed by atoms with Crippen molar-refractivity contribution in [2.24, 2.45) is 0 Å². The van der Waals surface area contributed by atoms with Gasteiger partial charge in [-0.1, -0.05) is 6.07 Å². The van der Waals surface area contributed by atoms with Gasteiger partial charge in [0.2, 0.25) is 5.91 Å². The largest absolute Gasteiger partial charge is 0.493 e. The van der Waals surface area contributed by atoms with Crippen LogP contribution >= 0.6 is 11.8 Å². The number of ether oxygens (including phenoxy) is 3. The van der Waals surface area contributed by atoms with E-state index >= 15 is 0 Å². The lowest BCUT2D eigenvalue weighted by molar-refractivity contribution is -0.139. The summed E-state index contributed by atoms with van der Waals surface area (Å²) in [5.41, 5.74) is 0.686. The summed E-state index contributed by atoms with van der Waals surface area (Å²) in [6.07, 6.45) is 1.50. The monoisotopic (exact) mass is 500 g/mol. The lowest BCUT2D eigenvalue weighted by Gasteiger charge is -2.28. The molecule has 182 valence electrons. The zero-order valence-electron chi connectivity index (χ0n) is 18.7. The number of hydrogen-bond acceptors (Lipinski definition) is 8. The van der Waals surface area contributed by atoms with Crippen LogP contribution in [-0.4, -0.2) is 72.8 Å². The maximum absolute atomic E-state index is 13.1. The lowest BCUT2D eigenvalue weighted by Crippen LogP contribution is -2.46. The van der Waals surface area contributed by atoms with Crippen molar-refractivity contribution >= 4 is 40.9 Å². The molecule has 11 heteroatoms. The first kappa shape index (κ1) is 24.4. The molecule has 0 bridgehead atoms. The molecule has 35 heavy (non-hydrogen) atoms. The van der Waals surface area contributed by atoms with Gasteiger partial charge in [-0.2, -0.15) is 0 Å². The number of benzene rings is 2. The number of hydrogen-bond donors (Lipinski definition) is 0. The summed E-state index contributed by atoms with van der Waals surface area (Å²) in [5, 5.41) is -0.528. The van der Waals surface area contributed by atoms with E-state index in [-0.39, 0.29) is 34.4 Å². The molecule has 0 saturated carbocycles. The van der Waals surface area contributed by atoms with Crippen LogP contribution in [0.5, 0.6) is 11.5 Å². The molecule has 4 rings (SSSR count). The number of imide groups is 1. The average molecular weight is 501 g/mol. The molecule has 3 amide bonds. The molecule has 2 aliphatic rings. The normalized spacial score (nSPS) is 17.1. The zero-order valence-corrected chi connectivity index (χ0v) is 19.5. The lowest BCUT2D eigenvalue weighted by atomic mass is 10.1. The van der Waals surface area contributed by atoms with Crippen LogP contribution in [0.3, 0.4) is 0 Å². The molecule has 9 nitrogen and oxygen atoms in total. The van der Waals surface area contributed by atoms with Crippen molar-refractivity contribution in [2.45, 2.75) is 0 Å². The Kier molecular flexibility index (Phi) is 7.47. The second kappa shape index (κ2) is 10.7. The van der Waals surface area contributed by atoms with Crippen molar-refractivity contribution in [3.8, 4) is 11.5 Å². The van der Waals surface area contributed by atoms with E-state index in [0.717, 1.165) is 28.8 Å². The molecular formula is C24H21FN2O7S. The third-order valence-electron chi connectivity index (χ3n) is 5.30. The minimum Gasteiger partial charge on any atom is -0.493 e. The van der Waals surface area contributed by atoms with Crippen LogP contribution in [0.2, 0.25) is 0 Å². The highest BCUT2D eigenvalue weighted by atomic mass is 32.2. The van der Waals surface area contributed by atoms with Gasteiger partial charge in [0, 0.05) is 13.1 Å². The molecule has 2 aliphatic heterocycles. The van der Waals surface area contributed by atoms with E-state index in [2.05, 4.69) is 0 Å². The highest BCUT2D eigenvalue weighted by Crippen LogP contribution is 2.34. The van der Waals surface area contributed by atoms with E-state index < -0.39 is 22.9 Å². The third kappa shape index (κ3) is 5.69. The van der Waals surface area contributed by atoms with Crippen LogP contribution in [-0.2, 0) is 14.3 Å². The molecule has 0 spiro atoms. The molecular weight excluding hydrogens is 479 g/mol. The summed E-state index contributed by atoms with van der Waals surface area (Å²) in [5.74, 6) is -1.70. The summed E-state index contributed by atoms with van der Waals surface area (Å²) in [6.45, 7) is 1.35. The van der Waals surface area contributed by atoms with Crippen LogP contribution < -0.4 is 9.47 Å². The van der Waals surface area contributed by atoms with E-state index in [0.29, 0.717) is 31.9 Å². The first-order valence-corrected chi connectivity index (χ1v) is 11.4. The Morgan fingerprint density at radius 1 is 1.09 bits per heavy atom. The van der Waals surface area contributed by atoms with Gasteiger partial charge in [-0.3, -0.25) is 19.3 Å². The van der Waals surface area contributed by atoms with Crippen LogP contribution in [0.15, 0.2) is 47.4 Å². The van der Waals surface area contributed by atoms with Crippen LogP contribution in [0.4, 0.5) is 9.18 Å². The Balaban J connectivity index is 1.46. The number of methoxy groups -OCH3 is 1. The number of halogens is 1. The average Bonchev–Trinajstić information content (AvgIpc) is 3.13. The fourth-order valence-electron chi connectivity index (χ4n) is 3.44. The maximum Gasteiger partial charge on any atom is 0.343 e. The van der Waals surface area contributed by atoms with E-state index in [1.165, 1.54) is 31.4 Å². The first-order chi connectivity index (χ1) is 16.9. The molecule has 0 unspecified atom stereocenters. The van der Waals surface area contributed by atoms with Crippen molar-refractivity contribution in [3.63, 3.8) is 0 Å². The highest BCUT2D eigenvalue weighted by molar-refractivity contribution is 8.18. The van der Waals surface area contributed by atoms with E-state index in [9.17, 15) is 23.6 Å². The number of carbonyl (C=O) groups is 4. The smallest absolute Gasteiger partial charge is 0.343 e. The minimum absolute atomic E-state index is 0.128. The Morgan fingerprint density at radius 3 is 2.49 bits per heavy atom. The molecule has 2 aromatic rings. The van der Waals surface area contributed by atoms with Gasteiger partial charge < -0.3 is 19.1 Å². The fourth-order valence-corrected chi connectivity index (χ4v) is 4.28. The van der Waals surface area contributed by atoms with Gasteiger partial charge in [0.05, 0.1) is 30.8 Å². The molecule has 0 radical (unpaired) electrons. The standard InChI is InChI=1S/C24H21FN2O7S/c1-32-19-12-15(2-7-18(19)34-23(30)16-3-5-17(25)6-4-16)13-20-22(29)27(24(31)35-20)14-21(28)26-8-10-33-11-9-26/h2-7,12-13H,8-11,14H2,1H3/b20-13-. The van der Waals surface area contributed by atoms with Crippen molar-refractivity contribution in [1.29, 1.82) is 0 Å². The number of carbonyl (C=O) groups excluding carboxylic acids is 4. The van der Waals surface area contributed by atoms with Crippen LogP contribution in [0, 0.1) is 5.82 Å². The number of morpholine rings is 1. The molecule has 2 saturated heterocycles. The van der Waals surface area contributed by atoms with Gasteiger partial charge in [0.25, 0.3) is 11.1 Å². The topological polar surface area (TPSA) is 102 Å². The van der Waals surface area contributed by atoms with E-state index in [4.69, 9.17) is 14.2 Å². The number of nitrogens with zero attached hydrogens (tertiary/aromatic N) is 2. The number of amides is 3. The summed E-state index contributed by atoms with van der Waals surface area (Å²) in [4.78, 5) is 52.6. The molecule has 0 atom stereocenters. The molecule has 2 heterocycles. The van der Waals surface area contributed by atoms with Crippen LogP contribution in [0.25, 0.3) is 6.08 Å². The molecule has 0 N–H and O–H groups in total. The van der Waals surface area contributed by atoms with Gasteiger partial charge in [-0.05, 0) is 59.8 Å². The fraction of sp³-hybridized carbons (Fsp3) is 0.250. The van der Waals surface area contributed by atoms with Gasteiger partial charge in [0.1, 0.15) is 12.4 Å². The second-order valence-electron chi connectivity index (χ2n) is 7.57. The van der Waals surface area contributed by atoms with Gasteiger partial charge >= 0.3 is 5.97 Å². The van der Waals surface area contributed by atoms with Crippen molar-refractivity contribution in [3.05, 3.63) is 64.3 Å². The summed E-state index contributed by atoms with van der Waals surface area (Å²) in [6, 6.07) is 9.52. The van der Waals surface area contributed by atoms with Crippen molar-refractivity contribution in [2.75, 3.05) is 40.0 Å². The Labute approximate surface area is 204 Å². The maximum atomic E-state index is 13.1. The van der Waals surface area contributed by atoms with Crippen LogP contribution in [0.1, 0.15) is 15.9 Å². The van der Waals surface area contributed by atoms with E-state index in [1.54, 1.807) is 17.0 Å². The molecule has 2 fully saturated rings. The van der Waals surface area contributed by atoms with Crippen molar-refractivity contribution < 1.29 is 37.8 Å². The predicted octanol–water partition coefficient (Wildman–Crippen LogP) is 2.95. The Morgan fingerprint density at radius 2 is 1.80 bits per heavy atom. The zero-order chi connectivity index (χ0) is 24.9. The number of thioether (sulfide) groups is 1. The Bertz CT molecular complexity index is 1190. The Hall–Kier alpha value is -3.70. The number of esters is 1. The highest BCUT2D eigenvalue weighted by Gasteiger charge is 2.37. The molecule has 0 aromatic heterocycles. The van der Waals surface area contributed by atoms with E-state index in [1.807, 2.05) is 0 Å². The summed E-state index contributed by atoms with van der Waals surface area (Å²) in [7, 11) is 1.39. The first-order valence-electron chi connectivity index (χ1n) is 10.6. The second-order valence-corrected chi connectivity index (χ2v) is 8.56. The molecule has 0 aliphatic carbocycles. The summed E-state index contributed by atoms with van der Waals surface area (Å²) >= 11 is 0.738. The molecule has 2 aromatic carbocycles. The van der Waals surface area contributed by atoms with Gasteiger partial charge in [-0.25, -0.2) is 9.18 Å². The third-order valence-corrected chi connectivity index (χ3v) is 6.21. The minimum atomic E-state index is -0.692. The van der Waals surface area contributed by atoms with Crippen molar-refractivity contribution in [1.82, 2.24) is 9.80 Å².